The number of rotatable bonds is 32. The van der Waals surface area contributed by atoms with Crippen molar-refractivity contribution in [2.75, 3.05) is 49.2 Å². The smallest absolute Gasteiger partial charge is 0.410 e. The highest BCUT2D eigenvalue weighted by Crippen LogP contribution is 2.72. The van der Waals surface area contributed by atoms with Crippen LogP contribution in [-0.4, -0.2) is 162 Å². The number of carboxylic acid groups (broad SMARTS) is 1. The van der Waals surface area contributed by atoms with E-state index in [1.165, 1.54) is 28.4 Å². The first-order chi connectivity index (χ1) is 48.5. The number of fused-ring (bicyclic) bond motifs is 2. The molecular weight excluding hydrogens is 1350 g/mol. The number of nitrogens with one attached hydrogen (secondary N) is 6. The van der Waals surface area contributed by atoms with Gasteiger partial charge in [0.15, 0.2) is 10.8 Å². The topological polar surface area (TPSA) is 399 Å². The Morgan fingerprint density at radius 1 is 0.814 bits per heavy atom. The van der Waals surface area contributed by atoms with E-state index in [0.29, 0.717) is 82.2 Å². The maximum atomic E-state index is 13.9. The summed E-state index contributed by atoms with van der Waals surface area (Å²) < 4.78 is 49.6. The maximum Gasteiger partial charge on any atom is 0.410 e. The van der Waals surface area contributed by atoms with Gasteiger partial charge < -0.3 is 51.5 Å². The van der Waals surface area contributed by atoms with Crippen LogP contribution in [0.2, 0.25) is 0 Å². The first-order valence-corrected chi connectivity index (χ1v) is 36.5. The lowest BCUT2D eigenvalue weighted by Crippen LogP contribution is -2.64. The quantitative estimate of drug-likeness (QED) is 0.0108. The number of carbonyl (C=O) groups excluding carboxylic acids is 8. The molecule has 5 heterocycles. The number of aromatic nitrogens is 5. The summed E-state index contributed by atoms with van der Waals surface area (Å²) in [6.45, 7) is 10.1. The molecule has 4 bridgehead atoms. The number of thiazole rings is 1. The van der Waals surface area contributed by atoms with Gasteiger partial charge in [-0.2, -0.15) is 13.5 Å². The number of carbonyl (C=O) groups is 9. The molecule has 102 heavy (non-hydrogen) atoms. The Bertz CT molecular complexity index is 4480. The zero-order valence-electron chi connectivity index (χ0n) is 57.5. The van der Waals surface area contributed by atoms with E-state index >= 15 is 0 Å². The summed E-state index contributed by atoms with van der Waals surface area (Å²) in [4.78, 5) is 131. The lowest BCUT2D eigenvalue weighted by molar-refractivity contribution is -0.248. The molecule has 4 saturated carbocycles. The minimum absolute atomic E-state index is 0.0216. The van der Waals surface area contributed by atoms with Crippen molar-refractivity contribution in [3.8, 4) is 22.5 Å². The van der Waals surface area contributed by atoms with Crippen LogP contribution in [0.5, 0.6) is 0 Å². The summed E-state index contributed by atoms with van der Waals surface area (Å²) in [5.74, 6) is -5.10. The van der Waals surface area contributed by atoms with E-state index in [2.05, 4.69) is 55.4 Å². The van der Waals surface area contributed by atoms with Gasteiger partial charge in [-0.1, -0.05) is 81.9 Å². The Balaban J connectivity index is 0.703. The van der Waals surface area contributed by atoms with Crippen molar-refractivity contribution in [1.82, 2.24) is 50.5 Å². The number of carboxylic acids is 1. The molecule has 12 rings (SSSR count). The highest BCUT2D eigenvalue weighted by molar-refractivity contribution is 7.85. The number of imide groups is 1. The van der Waals surface area contributed by atoms with Gasteiger partial charge in [0.1, 0.15) is 18.7 Å². The Morgan fingerprint density at radius 2 is 1.55 bits per heavy atom. The van der Waals surface area contributed by atoms with Crippen molar-refractivity contribution in [2.24, 2.45) is 27.9 Å². The van der Waals surface area contributed by atoms with Crippen LogP contribution in [0.4, 0.5) is 20.4 Å². The molecule has 4 fully saturated rings. The van der Waals surface area contributed by atoms with Gasteiger partial charge >= 0.3 is 18.1 Å². The third kappa shape index (κ3) is 17.5. The summed E-state index contributed by atoms with van der Waals surface area (Å²) in [5.41, 5.74) is 9.08. The monoisotopic (exact) mass is 1440 g/mol. The number of pyridine rings is 1. The number of primary amides is 1. The molecule has 7 aromatic rings. The SMILES string of the molecule is Cc1c(-c2ccc(-c3cc4cccc(C(=O)Nc5nc6ccccc6s5)c4[nH]3)nc2C(=O)O)cnn1CC12CC3(C)CC(C)(C1)CC(OCCN(CCS(=O)(=O)O)C(=O)OCc1ccc(NC(=O)[C@H](CCCNC(N)=O)NC(=O)[C@@H](NC(=O)CCCCCN4C(=O)C=CC4=O)C(C)C)cc1)(C3)C2. The highest BCUT2D eigenvalue weighted by Gasteiger charge is 2.66. The molecular formula is C72H85N13O15S2. The molecule has 5 aliphatic rings. The van der Waals surface area contributed by atoms with Crippen LogP contribution in [0.25, 0.3) is 43.6 Å². The number of anilines is 2. The van der Waals surface area contributed by atoms with Crippen LogP contribution in [0.1, 0.15) is 137 Å². The van der Waals surface area contributed by atoms with Crippen LogP contribution in [0.3, 0.4) is 0 Å². The minimum Gasteiger partial charge on any atom is -0.476 e. The Hall–Kier alpha value is -9.91. The van der Waals surface area contributed by atoms with E-state index in [-0.39, 0.29) is 97.7 Å². The zero-order chi connectivity index (χ0) is 72.9. The molecule has 0 spiro atoms. The predicted molar refractivity (Wildman–Crippen MR) is 380 cm³/mol. The first-order valence-electron chi connectivity index (χ1n) is 34.1. The number of para-hydroxylation sites is 2. The molecule has 4 aromatic heterocycles. The molecule has 30 heteroatoms. The van der Waals surface area contributed by atoms with Gasteiger partial charge in [0, 0.05) is 79.2 Å². The molecule has 540 valence electrons. The second-order valence-corrected chi connectivity index (χ2v) is 31.2. The fourth-order valence-corrected chi connectivity index (χ4v) is 17.5. The van der Waals surface area contributed by atoms with Crippen LogP contribution >= 0.6 is 11.3 Å². The number of benzene rings is 3. The molecule has 1 aliphatic heterocycles. The number of ether oxygens (including phenoxy) is 2. The average molecular weight is 1440 g/mol. The molecule has 3 aromatic carbocycles. The summed E-state index contributed by atoms with van der Waals surface area (Å²) in [6.07, 6.45) is 10.0. The van der Waals surface area contributed by atoms with E-state index in [1.54, 1.807) is 68.6 Å². The third-order valence-electron chi connectivity index (χ3n) is 19.6. The van der Waals surface area contributed by atoms with Crippen molar-refractivity contribution >= 4 is 107 Å². The summed E-state index contributed by atoms with van der Waals surface area (Å²) in [6, 6.07) is 21.7. The Kier molecular flexibility index (Phi) is 21.8. The summed E-state index contributed by atoms with van der Waals surface area (Å²) >= 11 is 1.37. The van der Waals surface area contributed by atoms with Crippen molar-refractivity contribution in [1.29, 1.82) is 0 Å². The number of aromatic carboxylic acids is 1. The van der Waals surface area contributed by atoms with Gasteiger partial charge in [0.05, 0.1) is 56.8 Å². The number of H-pyrrole nitrogens is 1. The number of aromatic amines is 1. The van der Waals surface area contributed by atoms with Crippen LogP contribution in [0, 0.1) is 29.1 Å². The second kappa shape index (κ2) is 30.3. The van der Waals surface area contributed by atoms with Crippen molar-refractivity contribution in [3.63, 3.8) is 0 Å². The molecule has 0 radical (unpaired) electrons. The zero-order valence-corrected chi connectivity index (χ0v) is 59.1. The number of urea groups is 1. The number of nitrogens with zero attached hydrogens (tertiary/aromatic N) is 6. The summed E-state index contributed by atoms with van der Waals surface area (Å²) in [5, 5.41) is 30.5. The van der Waals surface area contributed by atoms with E-state index in [4.69, 9.17) is 20.3 Å². The number of hydrogen-bond donors (Lipinski definition) is 9. The Morgan fingerprint density at radius 3 is 2.25 bits per heavy atom. The van der Waals surface area contributed by atoms with Crippen LogP contribution in [0.15, 0.2) is 103 Å². The fourth-order valence-electron chi connectivity index (χ4n) is 16.2. The van der Waals surface area contributed by atoms with Gasteiger partial charge in [-0.05, 0) is 147 Å². The minimum atomic E-state index is -4.51. The molecule has 4 atom stereocenters. The molecule has 4 aliphatic carbocycles. The molecule has 2 unspecified atom stereocenters. The largest absolute Gasteiger partial charge is 0.476 e. The number of amides is 9. The van der Waals surface area contributed by atoms with Crippen molar-refractivity contribution < 1.29 is 70.7 Å². The molecule has 0 saturated heterocycles. The highest BCUT2D eigenvalue weighted by atomic mass is 32.2. The lowest BCUT2D eigenvalue weighted by Gasteiger charge is -2.69. The number of nitrogens with two attached hydrogens (primary N) is 1. The summed E-state index contributed by atoms with van der Waals surface area (Å²) in [7, 11) is -4.51. The molecule has 10 N–H and O–H groups in total. The van der Waals surface area contributed by atoms with Gasteiger partial charge in [-0.3, -0.25) is 48.2 Å². The van der Waals surface area contributed by atoms with Gasteiger partial charge in [0.2, 0.25) is 17.7 Å². The number of hydrogen-bond acceptors (Lipinski definition) is 17. The fraction of sp³-hybridized carbons (Fsp3) is 0.444. The predicted octanol–water partition coefficient (Wildman–Crippen LogP) is 9.12. The van der Waals surface area contributed by atoms with E-state index < -0.39 is 75.9 Å². The van der Waals surface area contributed by atoms with Gasteiger partial charge in [-0.15, -0.1) is 0 Å². The first kappa shape index (κ1) is 73.3. The molecule has 9 amide bonds. The average Bonchev–Trinajstić information content (AvgIpc) is 0.716. The van der Waals surface area contributed by atoms with Crippen LogP contribution in [-0.2, 0) is 56.7 Å². The van der Waals surface area contributed by atoms with E-state index in [0.717, 1.165) is 58.3 Å². The Labute approximate surface area is 593 Å². The van der Waals surface area contributed by atoms with Crippen molar-refractivity contribution in [2.45, 2.75) is 143 Å². The normalized spacial score (nSPS) is 20.4. The third-order valence-corrected chi connectivity index (χ3v) is 21.3. The lowest BCUT2D eigenvalue weighted by atomic mass is 9.39. The standard InChI is InChI=1S/C72H85N13O15S2/c1-43(2)59(81-56(86)18-7-6-10-28-84-57(87)25-26-58(84)88)64(91)79-53(16-12-27-74-66(73)94)63(90)76-47-21-19-45(20-22-47)35-99-68(95)83(30-32-102(96,97)98)29-31-100-72-39-69(4)36-70(5,40-72)38-71(37-69,41-72)42-85-44(3)50(34-75-85)48-23-24-51(77-61(48)65(92)93)54-33-46-13-11-14-49(60(46)78-54)62(89)82-67-80-52-15-8-9-17-55(52)101-67/h8-9,11,13-15,17,19-26,33-34,43,53,59,78H,6-7,10,12,16,18,27-32,35-42H2,1-5H3,(H,76,90)(H,79,91)(H,81,86)(H,92,93)(H3,73,74,94)(H,80,82,89)(H,96,97,98)/t53-,59-,69?,70?,71?,72?/m0/s1. The van der Waals surface area contributed by atoms with E-state index in [9.17, 15) is 61.2 Å². The van der Waals surface area contributed by atoms with E-state index in [1.807, 2.05) is 48.0 Å². The van der Waals surface area contributed by atoms with Crippen molar-refractivity contribution in [3.05, 3.63) is 126 Å². The second-order valence-electron chi connectivity index (χ2n) is 28.6. The maximum absolute atomic E-state index is 13.9. The molecule has 28 nitrogen and oxygen atoms in total. The number of unbranched alkanes of at least 4 members (excludes halogenated alkanes) is 2. The van der Waals surface area contributed by atoms with Crippen LogP contribution < -0.4 is 32.3 Å². The van der Waals surface area contributed by atoms with Gasteiger partial charge in [0.25, 0.3) is 27.8 Å². The van der Waals surface area contributed by atoms with Gasteiger partial charge in [-0.25, -0.2) is 24.4 Å².